The van der Waals surface area contributed by atoms with E-state index in [-0.39, 0.29) is 24.1 Å². The molecule has 0 saturated carbocycles. The Bertz CT molecular complexity index is 578. The maximum absolute atomic E-state index is 12.9. The van der Waals surface area contributed by atoms with Gasteiger partial charge in [-0.3, -0.25) is 9.59 Å². The minimum absolute atomic E-state index is 0.0211. The highest BCUT2D eigenvalue weighted by Gasteiger charge is 2.16. The summed E-state index contributed by atoms with van der Waals surface area (Å²) in [5, 5.41) is 2.70. The van der Waals surface area contributed by atoms with Gasteiger partial charge in [-0.25, -0.2) is 4.39 Å². The van der Waals surface area contributed by atoms with E-state index < -0.39 is 0 Å². The van der Waals surface area contributed by atoms with E-state index in [1.807, 2.05) is 0 Å². The molecule has 1 heterocycles. The molecule has 0 aromatic heterocycles. The van der Waals surface area contributed by atoms with Gasteiger partial charge in [0.25, 0.3) is 0 Å². The number of allylic oxidation sites excluding steroid dienone is 1. The monoisotopic (exact) mass is 320 g/mol. The van der Waals surface area contributed by atoms with Crippen LogP contribution in [0, 0.1) is 5.82 Å². The fourth-order valence-electron chi connectivity index (χ4n) is 2.31. The van der Waals surface area contributed by atoms with Crippen LogP contribution in [0.2, 0.25) is 0 Å². The van der Waals surface area contributed by atoms with Gasteiger partial charge in [0, 0.05) is 32.1 Å². The van der Waals surface area contributed by atoms with Crippen molar-refractivity contribution in [3.05, 3.63) is 41.7 Å². The van der Waals surface area contributed by atoms with Crippen LogP contribution in [0.15, 0.2) is 30.3 Å². The molecule has 6 heteroatoms. The Kier molecular flexibility index (Phi) is 6.29. The predicted octanol–water partition coefficient (Wildman–Crippen LogP) is 1.59. The maximum atomic E-state index is 12.9. The SMILES string of the molecule is CC(=CC(=O)NCCC(=O)N1CCOCC1)c1ccc(F)cc1. The van der Waals surface area contributed by atoms with E-state index in [2.05, 4.69) is 5.32 Å². The summed E-state index contributed by atoms with van der Waals surface area (Å²) in [7, 11) is 0. The average molecular weight is 320 g/mol. The smallest absolute Gasteiger partial charge is 0.244 e. The summed E-state index contributed by atoms with van der Waals surface area (Å²) in [4.78, 5) is 25.5. The highest BCUT2D eigenvalue weighted by molar-refractivity contribution is 5.95. The normalized spacial score (nSPS) is 15.4. The van der Waals surface area contributed by atoms with E-state index in [0.29, 0.717) is 32.8 Å². The fourth-order valence-corrected chi connectivity index (χ4v) is 2.31. The number of nitrogens with one attached hydrogen (secondary N) is 1. The number of ether oxygens (including phenoxy) is 1. The quantitative estimate of drug-likeness (QED) is 0.838. The number of hydrogen-bond acceptors (Lipinski definition) is 3. The molecule has 0 bridgehead atoms. The van der Waals surface area contributed by atoms with Crippen molar-refractivity contribution in [1.29, 1.82) is 0 Å². The molecule has 2 amide bonds. The van der Waals surface area contributed by atoms with E-state index in [9.17, 15) is 14.0 Å². The molecule has 0 spiro atoms. The number of halogens is 1. The lowest BCUT2D eigenvalue weighted by Gasteiger charge is -2.26. The van der Waals surface area contributed by atoms with Crippen LogP contribution < -0.4 is 5.32 Å². The minimum Gasteiger partial charge on any atom is -0.378 e. The molecule has 124 valence electrons. The molecule has 23 heavy (non-hydrogen) atoms. The molecule has 1 aromatic rings. The zero-order valence-corrected chi connectivity index (χ0v) is 13.2. The third kappa shape index (κ3) is 5.49. The Morgan fingerprint density at radius 1 is 1.26 bits per heavy atom. The average Bonchev–Trinajstić information content (AvgIpc) is 2.56. The molecule has 1 aliphatic rings. The lowest BCUT2D eigenvalue weighted by atomic mass is 10.1. The second kappa shape index (κ2) is 8.43. The number of morpholine rings is 1. The lowest BCUT2D eigenvalue weighted by molar-refractivity contribution is -0.135. The van der Waals surface area contributed by atoms with Crippen molar-refractivity contribution in [2.45, 2.75) is 13.3 Å². The van der Waals surface area contributed by atoms with Gasteiger partial charge in [-0.1, -0.05) is 12.1 Å². The Labute approximate surface area is 135 Å². The molecule has 1 saturated heterocycles. The number of nitrogens with zero attached hydrogens (tertiary/aromatic N) is 1. The first-order valence-corrected chi connectivity index (χ1v) is 7.64. The van der Waals surface area contributed by atoms with Gasteiger partial charge in [-0.05, 0) is 30.2 Å². The minimum atomic E-state index is -0.312. The molecule has 1 fully saturated rings. The largest absolute Gasteiger partial charge is 0.378 e. The van der Waals surface area contributed by atoms with Crippen LogP contribution >= 0.6 is 0 Å². The summed E-state index contributed by atoms with van der Waals surface area (Å²) in [5.74, 6) is -0.554. The molecular weight excluding hydrogens is 299 g/mol. The maximum Gasteiger partial charge on any atom is 0.244 e. The van der Waals surface area contributed by atoms with E-state index in [1.165, 1.54) is 18.2 Å². The van der Waals surface area contributed by atoms with E-state index in [0.717, 1.165) is 11.1 Å². The number of rotatable bonds is 5. The van der Waals surface area contributed by atoms with Gasteiger partial charge in [-0.2, -0.15) is 0 Å². The van der Waals surface area contributed by atoms with Crippen LogP contribution in [0.5, 0.6) is 0 Å². The van der Waals surface area contributed by atoms with Gasteiger partial charge in [0.05, 0.1) is 13.2 Å². The fraction of sp³-hybridized carbons (Fsp3) is 0.412. The standard InChI is InChI=1S/C17H21FN2O3/c1-13(14-2-4-15(18)5-3-14)12-16(21)19-7-6-17(22)20-8-10-23-11-9-20/h2-5,12H,6-11H2,1H3,(H,19,21). The molecular formula is C17H21FN2O3. The van der Waals surface area contributed by atoms with Crippen LogP contribution in [0.1, 0.15) is 18.9 Å². The van der Waals surface area contributed by atoms with Crippen molar-refractivity contribution in [3.8, 4) is 0 Å². The van der Waals surface area contributed by atoms with E-state index in [4.69, 9.17) is 4.74 Å². The van der Waals surface area contributed by atoms with Crippen molar-refractivity contribution in [1.82, 2.24) is 10.2 Å². The molecule has 5 nitrogen and oxygen atoms in total. The highest BCUT2D eigenvalue weighted by atomic mass is 19.1. The molecule has 0 atom stereocenters. The van der Waals surface area contributed by atoms with Crippen molar-refractivity contribution in [3.63, 3.8) is 0 Å². The first kappa shape index (κ1) is 17.1. The van der Waals surface area contributed by atoms with Crippen molar-refractivity contribution >= 4 is 17.4 Å². The predicted molar refractivity (Wildman–Crippen MR) is 85.1 cm³/mol. The Hall–Kier alpha value is -2.21. The molecule has 1 aliphatic heterocycles. The van der Waals surface area contributed by atoms with Crippen LogP contribution in [-0.4, -0.2) is 49.6 Å². The van der Waals surface area contributed by atoms with Gasteiger partial charge in [0.2, 0.25) is 11.8 Å². The van der Waals surface area contributed by atoms with Gasteiger partial charge >= 0.3 is 0 Å². The van der Waals surface area contributed by atoms with Gasteiger partial charge in [0.15, 0.2) is 0 Å². The summed E-state index contributed by atoms with van der Waals surface area (Å²) < 4.78 is 18.1. The summed E-state index contributed by atoms with van der Waals surface area (Å²) in [6.45, 7) is 4.43. The molecule has 0 unspecified atom stereocenters. The lowest BCUT2D eigenvalue weighted by Crippen LogP contribution is -2.41. The zero-order chi connectivity index (χ0) is 16.7. The van der Waals surface area contributed by atoms with E-state index >= 15 is 0 Å². The van der Waals surface area contributed by atoms with Crippen molar-refractivity contribution in [2.75, 3.05) is 32.8 Å². The topological polar surface area (TPSA) is 58.6 Å². The number of benzene rings is 1. The molecule has 1 N–H and O–H groups in total. The number of carbonyl (C=O) groups is 2. The van der Waals surface area contributed by atoms with Crippen LogP contribution in [0.3, 0.4) is 0 Å². The van der Waals surface area contributed by atoms with Gasteiger partial charge in [0.1, 0.15) is 5.82 Å². The van der Waals surface area contributed by atoms with Crippen LogP contribution in [0.4, 0.5) is 4.39 Å². The third-order valence-electron chi connectivity index (χ3n) is 3.65. The van der Waals surface area contributed by atoms with Crippen LogP contribution in [-0.2, 0) is 14.3 Å². The van der Waals surface area contributed by atoms with Crippen LogP contribution in [0.25, 0.3) is 5.57 Å². The second-order valence-corrected chi connectivity index (χ2v) is 5.37. The summed E-state index contributed by atoms with van der Waals surface area (Å²) in [5.41, 5.74) is 1.52. The summed E-state index contributed by atoms with van der Waals surface area (Å²) in [6, 6.07) is 5.95. The first-order chi connectivity index (χ1) is 11.1. The van der Waals surface area contributed by atoms with Gasteiger partial charge in [-0.15, -0.1) is 0 Å². The van der Waals surface area contributed by atoms with E-state index in [1.54, 1.807) is 24.0 Å². The first-order valence-electron chi connectivity index (χ1n) is 7.64. The highest BCUT2D eigenvalue weighted by Crippen LogP contribution is 2.13. The van der Waals surface area contributed by atoms with Crippen molar-refractivity contribution < 1.29 is 18.7 Å². The summed E-state index contributed by atoms with van der Waals surface area (Å²) >= 11 is 0. The Morgan fingerprint density at radius 3 is 2.57 bits per heavy atom. The summed E-state index contributed by atoms with van der Waals surface area (Å²) in [6.07, 6.45) is 1.72. The Morgan fingerprint density at radius 2 is 1.91 bits per heavy atom. The molecule has 0 radical (unpaired) electrons. The van der Waals surface area contributed by atoms with Crippen molar-refractivity contribution in [2.24, 2.45) is 0 Å². The number of amides is 2. The second-order valence-electron chi connectivity index (χ2n) is 5.37. The molecule has 0 aliphatic carbocycles. The number of carbonyl (C=O) groups excluding carboxylic acids is 2. The number of hydrogen-bond donors (Lipinski definition) is 1. The molecule has 1 aromatic carbocycles. The molecule has 2 rings (SSSR count). The Balaban J connectivity index is 1.76. The zero-order valence-electron chi connectivity index (χ0n) is 13.2. The third-order valence-corrected chi connectivity index (χ3v) is 3.65. The van der Waals surface area contributed by atoms with Gasteiger partial charge < -0.3 is 15.0 Å².